The van der Waals surface area contributed by atoms with Crippen LogP contribution in [-0.4, -0.2) is 66.8 Å². The molecule has 3 aromatic rings. The summed E-state index contributed by atoms with van der Waals surface area (Å²) >= 11 is 0. The quantitative estimate of drug-likeness (QED) is 0.187. The zero-order valence-corrected chi connectivity index (χ0v) is 22.8. The Bertz CT molecular complexity index is 1860. The van der Waals surface area contributed by atoms with Crippen molar-refractivity contribution >= 4 is 63.7 Å². The Morgan fingerprint density at radius 1 is 0.600 bits per heavy atom. The molecule has 17 nitrogen and oxygen atoms in total. The van der Waals surface area contributed by atoms with Gasteiger partial charge in [0, 0.05) is 11.1 Å². The average molecular weight is 648 g/mol. The Morgan fingerprint density at radius 3 is 1.18 bits per heavy atom. The van der Waals surface area contributed by atoms with E-state index in [1.54, 1.807) is 0 Å². The molecule has 0 aliphatic heterocycles. The van der Waals surface area contributed by atoms with Crippen LogP contribution >= 0.6 is 0 Å². The summed E-state index contributed by atoms with van der Waals surface area (Å²) in [4.78, 5) is 5.49. The van der Waals surface area contributed by atoms with Gasteiger partial charge in [-0.05, 0) is 26.0 Å². The minimum atomic E-state index is -5.29. The number of nitrogens with zero attached hydrogens (tertiary/aromatic N) is 3. The molecule has 0 atom stereocenters. The third-order valence-corrected chi connectivity index (χ3v) is 8.48. The van der Waals surface area contributed by atoms with Crippen LogP contribution in [0, 0.1) is 25.5 Å². The highest BCUT2D eigenvalue weighted by Crippen LogP contribution is 2.35. The summed E-state index contributed by atoms with van der Waals surface area (Å²) in [5.74, 6) is -4.56. The van der Waals surface area contributed by atoms with Gasteiger partial charge in [0.05, 0.1) is 11.4 Å². The van der Waals surface area contributed by atoms with E-state index in [4.69, 9.17) is 0 Å². The van der Waals surface area contributed by atoms with Crippen molar-refractivity contribution in [3.63, 3.8) is 0 Å². The first kappa shape index (κ1) is 31.1. The molecule has 0 saturated heterocycles. The molecular weight excluding hydrogens is 632 g/mol. The van der Waals surface area contributed by atoms with Gasteiger partial charge in [-0.3, -0.25) is 18.2 Å². The molecule has 0 unspecified atom stereocenters. The van der Waals surface area contributed by atoms with E-state index in [1.807, 2.05) is 0 Å². The number of anilines is 4. The van der Waals surface area contributed by atoms with Gasteiger partial charge in [-0.15, -0.1) is 0 Å². The summed E-state index contributed by atoms with van der Waals surface area (Å²) < 4.78 is 160. The minimum Gasteiger partial charge on any atom is -0.322 e. The fourth-order valence-corrected chi connectivity index (χ4v) is 6.10. The predicted octanol–water partition coefficient (Wildman–Crippen LogP) is 1.24. The number of hydrogen-bond acceptors (Lipinski definition) is 13. The summed E-state index contributed by atoms with van der Waals surface area (Å²) in [5, 5.41) is 4.36. The molecule has 3 rings (SSSR count). The van der Waals surface area contributed by atoms with Gasteiger partial charge in [0.15, 0.2) is 0 Å². The maximum Gasteiger partial charge on any atom is 0.297 e. The first-order valence-electron chi connectivity index (χ1n) is 9.82. The molecule has 1 aromatic heterocycles. The van der Waals surface area contributed by atoms with E-state index in [1.165, 1.54) is 0 Å². The van der Waals surface area contributed by atoms with Crippen LogP contribution in [0.5, 0.6) is 0 Å². The highest BCUT2D eigenvalue weighted by molar-refractivity contribution is 7.87. The fraction of sp³-hybridized carbons (Fsp3) is 0.118. The van der Waals surface area contributed by atoms with E-state index in [2.05, 4.69) is 25.6 Å². The van der Waals surface area contributed by atoms with Gasteiger partial charge >= 0.3 is 0 Å². The van der Waals surface area contributed by atoms with Crippen LogP contribution in [-0.2, 0) is 40.5 Å². The SMILES string of the molecule is Cc1c(F)c(S(=O)(=O)O)cc(S(=O)(=O)O)c1Nc1ncnc(Nc2c(S(=O)(=O)O)cc(S(=O)(=O)O)c(F)c2C)n1. The Labute approximate surface area is 224 Å². The van der Waals surface area contributed by atoms with E-state index >= 15 is 0 Å². The van der Waals surface area contributed by atoms with Crippen LogP contribution in [0.15, 0.2) is 38.0 Å². The first-order valence-corrected chi connectivity index (χ1v) is 15.6. The normalized spacial score (nSPS) is 12.8. The maximum atomic E-state index is 14.7. The second kappa shape index (κ2) is 10.2. The molecule has 0 radical (unpaired) electrons. The molecule has 0 spiro atoms. The fourth-order valence-electron chi connectivity index (χ4n) is 3.20. The van der Waals surface area contributed by atoms with E-state index in [9.17, 15) is 60.7 Å². The Morgan fingerprint density at radius 2 is 0.900 bits per heavy atom. The number of rotatable bonds is 8. The average Bonchev–Trinajstić information content (AvgIpc) is 2.77. The zero-order chi connectivity index (χ0) is 30.6. The van der Waals surface area contributed by atoms with Crippen molar-refractivity contribution in [3.8, 4) is 0 Å². The number of halogens is 2. The number of hydrogen-bond donors (Lipinski definition) is 6. The molecule has 1 heterocycles. The lowest BCUT2D eigenvalue weighted by atomic mass is 10.2. The van der Waals surface area contributed by atoms with E-state index in [-0.39, 0.29) is 12.1 Å². The third-order valence-electron chi connectivity index (χ3n) is 5.02. The van der Waals surface area contributed by atoms with Crippen LogP contribution in [0.4, 0.5) is 32.1 Å². The molecular formula is C17H15F2N5O12S4. The van der Waals surface area contributed by atoms with Crippen molar-refractivity contribution < 1.29 is 60.7 Å². The zero-order valence-electron chi connectivity index (χ0n) is 19.5. The number of aromatic nitrogens is 3. The molecule has 0 amide bonds. The van der Waals surface area contributed by atoms with Crippen LogP contribution in [0.25, 0.3) is 0 Å². The third kappa shape index (κ3) is 6.30. The standard InChI is InChI=1S/C17H15F2N5O12S4/c1-6-12(18)8(37(25,26)27)3-10(39(31,32)33)14(6)22-16-20-5-21-17(24-16)23-15-7(2)13(19)9(38(28,29)30)4-11(15)40(34,35)36/h3-5H,1-2H3,(H,25,26,27)(H,28,29,30)(H,31,32,33)(H,34,35,36)(H2,20,21,22,23,24). The van der Waals surface area contributed by atoms with Gasteiger partial charge in [-0.1, -0.05) is 0 Å². The van der Waals surface area contributed by atoms with Crippen molar-refractivity contribution in [1.29, 1.82) is 0 Å². The number of benzene rings is 2. The maximum absolute atomic E-state index is 14.7. The summed E-state index contributed by atoms with van der Waals surface area (Å²) in [6.45, 7) is 1.73. The number of nitrogens with one attached hydrogen (secondary N) is 2. The highest BCUT2D eigenvalue weighted by atomic mass is 32.2. The Balaban J connectivity index is 2.18. The molecule has 23 heteroatoms. The van der Waals surface area contributed by atoms with Crippen molar-refractivity contribution in [3.05, 3.63) is 41.2 Å². The van der Waals surface area contributed by atoms with Gasteiger partial charge < -0.3 is 10.6 Å². The monoisotopic (exact) mass is 647 g/mol. The van der Waals surface area contributed by atoms with Gasteiger partial charge in [0.2, 0.25) is 11.9 Å². The molecule has 218 valence electrons. The van der Waals surface area contributed by atoms with E-state index < -0.39 is 106 Å². The predicted molar refractivity (Wildman–Crippen MR) is 128 cm³/mol. The molecule has 40 heavy (non-hydrogen) atoms. The smallest absolute Gasteiger partial charge is 0.297 e. The summed E-state index contributed by atoms with van der Waals surface area (Å²) in [6.07, 6.45) is 0.703. The Hall–Kier alpha value is -3.45. The topological polar surface area (TPSA) is 280 Å². The summed E-state index contributed by atoms with van der Waals surface area (Å²) in [6, 6.07) is 0.216. The van der Waals surface area contributed by atoms with Crippen LogP contribution in [0.2, 0.25) is 0 Å². The van der Waals surface area contributed by atoms with Crippen molar-refractivity contribution in [2.75, 3.05) is 10.6 Å². The summed E-state index contributed by atoms with van der Waals surface area (Å²) in [5.41, 5.74) is -3.12. The van der Waals surface area contributed by atoms with Gasteiger partial charge in [-0.2, -0.15) is 38.7 Å². The van der Waals surface area contributed by atoms with Crippen molar-refractivity contribution in [2.45, 2.75) is 33.4 Å². The molecule has 0 aliphatic carbocycles. The lowest BCUT2D eigenvalue weighted by Crippen LogP contribution is -2.14. The van der Waals surface area contributed by atoms with Crippen LogP contribution in [0.3, 0.4) is 0 Å². The highest BCUT2D eigenvalue weighted by Gasteiger charge is 2.30. The Kier molecular flexibility index (Phi) is 7.91. The first-order chi connectivity index (χ1) is 18.0. The van der Waals surface area contributed by atoms with Crippen LogP contribution < -0.4 is 10.6 Å². The summed E-state index contributed by atoms with van der Waals surface area (Å²) in [7, 11) is -21.1. The largest absolute Gasteiger partial charge is 0.322 e. The molecule has 2 aromatic carbocycles. The van der Waals surface area contributed by atoms with Crippen molar-refractivity contribution in [1.82, 2.24) is 15.0 Å². The lowest BCUT2D eigenvalue weighted by molar-refractivity contribution is 0.466. The van der Waals surface area contributed by atoms with Gasteiger partial charge in [0.1, 0.15) is 37.5 Å². The van der Waals surface area contributed by atoms with Crippen LogP contribution in [0.1, 0.15) is 11.1 Å². The second-order valence-electron chi connectivity index (χ2n) is 7.66. The minimum absolute atomic E-state index is 0.108. The second-order valence-corrected chi connectivity index (χ2v) is 13.2. The van der Waals surface area contributed by atoms with Gasteiger partial charge in [0.25, 0.3) is 40.5 Å². The molecule has 0 fully saturated rings. The molecule has 0 saturated carbocycles. The lowest BCUT2D eigenvalue weighted by Gasteiger charge is -2.16. The van der Waals surface area contributed by atoms with Crippen molar-refractivity contribution in [2.24, 2.45) is 0 Å². The molecule has 0 bridgehead atoms. The molecule has 0 aliphatic rings. The van der Waals surface area contributed by atoms with Gasteiger partial charge in [-0.25, -0.2) is 18.7 Å². The van der Waals surface area contributed by atoms with E-state index in [0.717, 1.165) is 13.8 Å². The molecule has 6 N–H and O–H groups in total. The van der Waals surface area contributed by atoms with E-state index in [0.29, 0.717) is 6.33 Å².